The summed E-state index contributed by atoms with van der Waals surface area (Å²) in [6.07, 6.45) is 2.81. The third kappa shape index (κ3) is 2.69. The van der Waals surface area contributed by atoms with Gasteiger partial charge < -0.3 is 10.3 Å². The first kappa shape index (κ1) is 8.70. The Kier molecular flexibility index (Phi) is 3.25. The van der Waals surface area contributed by atoms with Gasteiger partial charge in [0.1, 0.15) is 0 Å². The van der Waals surface area contributed by atoms with Gasteiger partial charge >= 0.3 is 0 Å². The summed E-state index contributed by atoms with van der Waals surface area (Å²) in [5.74, 6) is 1.26. The van der Waals surface area contributed by atoms with E-state index in [1.807, 2.05) is 6.92 Å². The van der Waals surface area contributed by atoms with Crippen LogP contribution in [0.25, 0.3) is 0 Å². The average Bonchev–Trinajstić information content (AvgIpc) is 2.57. The highest BCUT2D eigenvalue weighted by Crippen LogP contribution is 1.92. The summed E-state index contributed by atoms with van der Waals surface area (Å²) >= 11 is 0. The van der Waals surface area contributed by atoms with Crippen molar-refractivity contribution in [1.82, 2.24) is 10.1 Å². The fraction of sp³-hybridized carbons (Fsp3) is 0.571. The van der Waals surface area contributed by atoms with E-state index < -0.39 is 0 Å². The maximum Gasteiger partial charge on any atom is 0.228 e. The van der Waals surface area contributed by atoms with Crippen molar-refractivity contribution in [3.05, 3.63) is 12.2 Å². The normalized spacial score (nSPS) is 11.9. The van der Waals surface area contributed by atoms with E-state index in [2.05, 4.69) is 15.1 Å². The van der Waals surface area contributed by atoms with E-state index in [0.29, 0.717) is 24.7 Å². The smallest absolute Gasteiger partial charge is 0.228 e. The van der Waals surface area contributed by atoms with Gasteiger partial charge in [-0.3, -0.25) is 4.99 Å². The van der Waals surface area contributed by atoms with Crippen LogP contribution in [0.15, 0.2) is 15.8 Å². The molecule has 0 bridgehead atoms. The molecule has 0 atom stereocenters. The number of aromatic nitrogens is 2. The molecule has 0 aliphatic heterocycles. The Morgan fingerprint density at radius 2 is 2.58 bits per heavy atom. The lowest BCUT2D eigenvalue weighted by atomic mass is 10.4. The molecule has 0 spiro atoms. The summed E-state index contributed by atoms with van der Waals surface area (Å²) in [6, 6.07) is 0. The Bertz CT molecular complexity index is 242. The summed E-state index contributed by atoms with van der Waals surface area (Å²) in [4.78, 5) is 7.94. The monoisotopic (exact) mass is 168 g/mol. The van der Waals surface area contributed by atoms with E-state index in [4.69, 9.17) is 10.3 Å². The maximum atomic E-state index is 5.50. The second-order valence-corrected chi connectivity index (χ2v) is 2.31. The van der Waals surface area contributed by atoms with Crippen LogP contribution >= 0.6 is 0 Å². The van der Waals surface area contributed by atoms with Crippen molar-refractivity contribution < 1.29 is 4.52 Å². The predicted octanol–water partition coefficient (Wildman–Crippen LogP) is 0.379. The second kappa shape index (κ2) is 4.48. The van der Waals surface area contributed by atoms with Crippen LogP contribution in [0, 0.1) is 0 Å². The number of hydrogen-bond donors (Lipinski definition) is 1. The van der Waals surface area contributed by atoms with Crippen LogP contribution in [0.2, 0.25) is 0 Å². The van der Waals surface area contributed by atoms with Crippen molar-refractivity contribution in [3.63, 3.8) is 0 Å². The minimum absolute atomic E-state index is 0.600. The van der Waals surface area contributed by atoms with Crippen LogP contribution in [-0.2, 0) is 6.42 Å². The van der Waals surface area contributed by atoms with Crippen molar-refractivity contribution in [3.8, 4) is 0 Å². The zero-order valence-electron chi connectivity index (χ0n) is 7.03. The molecule has 2 N–H and O–H groups in total. The third-order valence-corrected chi connectivity index (χ3v) is 1.41. The largest absolute Gasteiger partial charge is 0.387 e. The zero-order valence-corrected chi connectivity index (χ0v) is 7.03. The first-order valence-corrected chi connectivity index (χ1v) is 3.87. The molecular formula is C7H12N4O. The highest BCUT2D eigenvalue weighted by molar-refractivity contribution is 5.79. The number of nitrogens with two attached hydrogens (primary N) is 1. The van der Waals surface area contributed by atoms with Gasteiger partial charge in [0, 0.05) is 19.4 Å². The SMILES string of the molecule is CCC(N)=NCCc1ncno1. The van der Waals surface area contributed by atoms with Crippen molar-refractivity contribution in [2.24, 2.45) is 10.7 Å². The molecule has 0 unspecified atom stereocenters. The molecule has 0 radical (unpaired) electrons. The van der Waals surface area contributed by atoms with Gasteiger partial charge in [-0.25, -0.2) is 0 Å². The van der Waals surface area contributed by atoms with Crippen molar-refractivity contribution in [1.29, 1.82) is 0 Å². The summed E-state index contributed by atoms with van der Waals surface area (Å²) < 4.78 is 4.78. The molecule has 0 aliphatic carbocycles. The van der Waals surface area contributed by atoms with Gasteiger partial charge in [-0.05, 0) is 0 Å². The quantitative estimate of drug-likeness (QED) is 0.520. The highest BCUT2D eigenvalue weighted by atomic mass is 16.5. The number of amidine groups is 1. The molecule has 0 aromatic carbocycles. The summed E-state index contributed by atoms with van der Waals surface area (Å²) in [5, 5.41) is 3.47. The fourth-order valence-corrected chi connectivity index (χ4v) is 0.713. The third-order valence-electron chi connectivity index (χ3n) is 1.41. The van der Waals surface area contributed by atoms with Gasteiger partial charge in [-0.2, -0.15) is 4.98 Å². The molecule has 66 valence electrons. The lowest BCUT2D eigenvalue weighted by molar-refractivity contribution is 0.379. The van der Waals surface area contributed by atoms with Gasteiger partial charge in [0.05, 0.1) is 5.84 Å². The van der Waals surface area contributed by atoms with Gasteiger partial charge in [0.2, 0.25) is 5.89 Å². The van der Waals surface area contributed by atoms with Gasteiger partial charge in [0.15, 0.2) is 6.33 Å². The Hall–Kier alpha value is -1.39. The standard InChI is InChI=1S/C7H12N4O/c1-2-6(8)9-4-3-7-10-5-11-12-7/h5H,2-4H2,1H3,(H2,8,9). The number of aliphatic imine (C=N–C) groups is 1. The Morgan fingerprint density at radius 1 is 1.75 bits per heavy atom. The molecule has 0 aliphatic rings. The van der Waals surface area contributed by atoms with E-state index in [1.165, 1.54) is 6.33 Å². The number of hydrogen-bond acceptors (Lipinski definition) is 4. The average molecular weight is 168 g/mol. The van der Waals surface area contributed by atoms with Crippen molar-refractivity contribution >= 4 is 5.84 Å². The number of rotatable bonds is 4. The first-order valence-electron chi connectivity index (χ1n) is 3.87. The molecule has 0 saturated heterocycles. The first-order chi connectivity index (χ1) is 5.83. The van der Waals surface area contributed by atoms with Crippen LogP contribution in [0.4, 0.5) is 0 Å². The van der Waals surface area contributed by atoms with Crippen molar-refractivity contribution in [2.45, 2.75) is 19.8 Å². The minimum atomic E-state index is 0.600. The summed E-state index contributed by atoms with van der Waals surface area (Å²) in [7, 11) is 0. The topological polar surface area (TPSA) is 77.3 Å². The molecule has 1 aromatic rings. The lowest BCUT2D eigenvalue weighted by Crippen LogP contribution is -2.10. The van der Waals surface area contributed by atoms with E-state index in [1.54, 1.807) is 0 Å². The van der Waals surface area contributed by atoms with E-state index in [-0.39, 0.29) is 0 Å². The molecule has 5 heteroatoms. The molecule has 1 rings (SSSR count). The molecule has 5 nitrogen and oxygen atoms in total. The van der Waals surface area contributed by atoms with E-state index in [9.17, 15) is 0 Å². The summed E-state index contributed by atoms with van der Waals surface area (Å²) in [6.45, 7) is 2.58. The molecule has 0 amide bonds. The molecule has 0 saturated carbocycles. The maximum absolute atomic E-state index is 5.50. The Morgan fingerprint density at radius 3 is 3.17 bits per heavy atom. The molecule has 1 aromatic heterocycles. The minimum Gasteiger partial charge on any atom is -0.387 e. The van der Waals surface area contributed by atoms with Crippen molar-refractivity contribution in [2.75, 3.05) is 6.54 Å². The molecule has 12 heavy (non-hydrogen) atoms. The van der Waals surface area contributed by atoms with Crippen LogP contribution in [0.3, 0.4) is 0 Å². The molecule has 0 fully saturated rings. The van der Waals surface area contributed by atoms with Crippen LogP contribution in [0.5, 0.6) is 0 Å². The van der Waals surface area contributed by atoms with Gasteiger partial charge in [0.25, 0.3) is 0 Å². The molecule has 1 heterocycles. The predicted molar refractivity (Wildman–Crippen MR) is 44.8 cm³/mol. The number of nitrogens with zero attached hydrogens (tertiary/aromatic N) is 3. The van der Waals surface area contributed by atoms with Crippen LogP contribution < -0.4 is 5.73 Å². The van der Waals surface area contributed by atoms with Crippen LogP contribution in [0.1, 0.15) is 19.2 Å². The second-order valence-electron chi connectivity index (χ2n) is 2.31. The lowest BCUT2D eigenvalue weighted by Gasteiger charge is -1.93. The zero-order chi connectivity index (χ0) is 8.81. The molecular weight excluding hydrogens is 156 g/mol. The van der Waals surface area contributed by atoms with Crippen LogP contribution in [-0.4, -0.2) is 22.5 Å². The van der Waals surface area contributed by atoms with Gasteiger partial charge in [-0.15, -0.1) is 0 Å². The Labute approximate surface area is 70.7 Å². The summed E-state index contributed by atoms with van der Waals surface area (Å²) in [5.41, 5.74) is 5.50. The Balaban J connectivity index is 2.28. The van der Waals surface area contributed by atoms with E-state index >= 15 is 0 Å². The fourth-order valence-electron chi connectivity index (χ4n) is 0.713. The van der Waals surface area contributed by atoms with E-state index in [0.717, 1.165) is 6.42 Å². The highest BCUT2D eigenvalue weighted by Gasteiger charge is 1.96. The van der Waals surface area contributed by atoms with Gasteiger partial charge in [-0.1, -0.05) is 12.1 Å².